The second kappa shape index (κ2) is 5.24. The number of carbonyl (C=O) groups is 1. The number of amides is 1. The van der Waals surface area contributed by atoms with E-state index in [1.165, 1.54) is 18.2 Å². The van der Waals surface area contributed by atoms with E-state index >= 15 is 0 Å². The van der Waals surface area contributed by atoms with Crippen molar-refractivity contribution in [1.29, 1.82) is 0 Å². The molecule has 0 saturated heterocycles. The number of hydrogen-bond acceptors (Lipinski definition) is 6. The maximum Gasteiger partial charge on any atom is 0.273 e. The van der Waals surface area contributed by atoms with Crippen molar-refractivity contribution in [3.63, 3.8) is 0 Å². The Bertz CT molecular complexity index is 707. The number of H-pyrrole nitrogens is 1. The van der Waals surface area contributed by atoms with Crippen LogP contribution in [0.2, 0.25) is 0 Å². The van der Waals surface area contributed by atoms with E-state index in [0.29, 0.717) is 14.6 Å². The quantitative estimate of drug-likeness (QED) is 0.515. The Balaban J connectivity index is 2.26. The van der Waals surface area contributed by atoms with Crippen molar-refractivity contribution in [3.8, 4) is 0 Å². The minimum Gasteiger partial charge on any atom is -0.296 e. The average Bonchev–Trinajstić information content (AvgIpc) is 2.74. The lowest BCUT2D eigenvalue weighted by Gasteiger charge is -2.02. The Morgan fingerprint density at radius 3 is 2.89 bits per heavy atom. The van der Waals surface area contributed by atoms with Crippen molar-refractivity contribution in [2.24, 2.45) is 0 Å². The number of rotatable bonds is 3. The highest BCUT2D eigenvalue weighted by Gasteiger charge is 2.15. The third-order valence-corrected chi connectivity index (χ3v) is 3.33. The van der Waals surface area contributed by atoms with Gasteiger partial charge in [0.25, 0.3) is 11.6 Å². The van der Waals surface area contributed by atoms with Crippen molar-refractivity contribution in [2.45, 2.75) is 6.92 Å². The van der Waals surface area contributed by atoms with Crippen LogP contribution in [0.5, 0.6) is 0 Å². The summed E-state index contributed by atoms with van der Waals surface area (Å²) >= 11 is 5.94. The molecule has 0 spiro atoms. The number of aromatic nitrogens is 2. The van der Waals surface area contributed by atoms with Gasteiger partial charge in [0.15, 0.2) is 3.95 Å². The lowest BCUT2D eigenvalue weighted by Crippen LogP contribution is -2.12. The van der Waals surface area contributed by atoms with E-state index in [1.54, 1.807) is 6.92 Å². The maximum absolute atomic E-state index is 11.9. The monoisotopic (exact) mass is 296 g/mol. The average molecular weight is 296 g/mol. The van der Waals surface area contributed by atoms with Gasteiger partial charge in [0.2, 0.25) is 5.13 Å². The Morgan fingerprint density at radius 1 is 1.58 bits per heavy atom. The van der Waals surface area contributed by atoms with Crippen LogP contribution >= 0.6 is 23.6 Å². The Morgan fingerprint density at radius 2 is 2.32 bits per heavy atom. The molecule has 0 fully saturated rings. The summed E-state index contributed by atoms with van der Waals surface area (Å²) in [7, 11) is 0. The smallest absolute Gasteiger partial charge is 0.273 e. The number of aromatic amines is 1. The highest BCUT2D eigenvalue weighted by molar-refractivity contribution is 7.73. The molecule has 0 saturated carbocycles. The number of nitro groups is 1. The summed E-state index contributed by atoms with van der Waals surface area (Å²) in [6.45, 7) is 1.61. The van der Waals surface area contributed by atoms with Gasteiger partial charge in [-0.25, -0.2) is 0 Å². The van der Waals surface area contributed by atoms with Crippen molar-refractivity contribution >= 4 is 40.3 Å². The maximum atomic E-state index is 11.9. The molecule has 0 atom stereocenters. The van der Waals surface area contributed by atoms with Crippen LogP contribution in [0.4, 0.5) is 10.8 Å². The lowest BCUT2D eigenvalue weighted by molar-refractivity contribution is -0.385. The molecular formula is C10H8N4O3S2. The predicted molar refractivity (Wildman–Crippen MR) is 73.1 cm³/mol. The number of benzene rings is 1. The van der Waals surface area contributed by atoms with Crippen LogP contribution in [-0.2, 0) is 0 Å². The molecule has 2 aromatic rings. The van der Waals surface area contributed by atoms with Gasteiger partial charge < -0.3 is 0 Å². The largest absolute Gasteiger partial charge is 0.296 e. The highest BCUT2D eigenvalue weighted by atomic mass is 32.1. The van der Waals surface area contributed by atoms with Gasteiger partial charge in [0, 0.05) is 17.2 Å². The fourth-order valence-corrected chi connectivity index (χ4v) is 2.18. The first-order valence-corrected chi connectivity index (χ1v) is 6.32. The molecule has 0 aliphatic carbocycles. The zero-order valence-corrected chi connectivity index (χ0v) is 11.3. The van der Waals surface area contributed by atoms with Gasteiger partial charge in [-0.3, -0.25) is 25.3 Å². The summed E-state index contributed by atoms with van der Waals surface area (Å²) in [6.07, 6.45) is 0. The van der Waals surface area contributed by atoms with Crippen molar-refractivity contribution < 1.29 is 9.72 Å². The van der Waals surface area contributed by atoms with Gasteiger partial charge in [-0.2, -0.15) is 0 Å². The van der Waals surface area contributed by atoms with E-state index in [1.807, 2.05) is 0 Å². The molecule has 9 heteroatoms. The minimum atomic E-state index is -0.523. The highest BCUT2D eigenvalue weighted by Crippen LogP contribution is 2.20. The molecule has 2 rings (SSSR count). The normalized spacial score (nSPS) is 10.2. The summed E-state index contributed by atoms with van der Waals surface area (Å²) < 4.78 is 0.435. The molecule has 7 nitrogen and oxygen atoms in total. The molecule has 0 unspecified atom stereocenters. The van der Waals surface area contributed by atoms with Crippen LogP contribution in [0.25, 0.3) is 0 Å². The minimum absolute atomic E-state index is 0.0951. The molecule has 1 amide bonds. The van der Waals surface area contributed by atoms with Crippen molar-refractivity contribution in [3.05, 3.63) is 43.4 Å². The second-order valence-electron chi connectivity index (χ2n) is 3.63. The SMILES string of the molecule is Cc1ccc(C(=O)Nc2n[nH]c(=S)s2)cc1[N+](=O)[O-]. The predicted octanol–water partition coefficient (Wildman–Crippen LogP) is 2.67. The van der Waals surface area contributed by atoms with E-state index in [-0.39, 0.29) is 11.3 Å². The van der Waals surface area contributed by atoms with Gasteiger partial charge in [0.1, 0.15) is 0 Å². The summed E-state index contributed by atoms with van der Waals surface area (Å²) in [5.74, 6) is -0.471. The van der Waals surface area contributed by atoms with Crippen LogP contribution in [-0.4, -0.2) is 21.0 Å². The van der Waals surface area contributed by atoms with Gasteiger partial charge in [-0.15, -0.1) is 5.10 Å². The Hall–Kier alpha value is -2.13. The van der Waals surface area contributed by atoms with Gasteiger partial charge in [0.05, 0.1) is 4.92 Å². The third-order valence-electron chi connectivity index (χ3n) is 2.33. The molecule has 2 N–H and O–H groups in total. The molecule has 0 aliphatic heterocycles. The van der Waals surface area contributed by atoms with Crippen LogP contribution in [0.15, 0.2) is 18.2 Å². The first kappa shape index (κ1) is 13.3. The summed E-state index contributed by atoms with van der Waals surface area (Å²) in [5, 5.41) is 19.9. The summed E-state index contributed by atoms with van der Waals surface area (Å²) in [5.41, 5.74) is 0.595. The fourth-order valence-electron chi connectivity index (χ4n) is 1.40. The lowest BCUT2D eigenvalue weighted by atomic mass is 10.1. The Labute approximate surface area is 116 Å². The molecule has 19 heavy (non-hydrogen) atoms. The molecule has 1 heterocycles. The molecular weight excluding hydrogens is 288 g/mol. The molecule has 0 bridgehead atoms. The molecule has 0 aliphatic rings. The molecule has 98 valence electrons. The van der Waals surface area contributed by atoms with Gasteiger partial charge >= 0.3 is 0 Å². The second-order valence-corrected chi connectivity index (χ2v) is 5.30. The standard InChI is InChI=1S/C10H8N4O3S2/c1-5-2-3-6(4-7(5)14(16)17)8(15)11-9-12-13-10(18)19-9/h2-4H,1H3,(H,13,18)(H,11,12,15). The third kappa shape index (κ3) is 3.01. The van der Waals surface area contributed by atoms with Crippen molar-refractivity contribution in [1.82, 2.24) is 10.2 Å². The van der Waals surface area contributed by atoms with E-state index < -0.39 is 10.8 Å². The number of nitro benzene ring substituents is 1. The molecule has 1 aromatic heterocycles. The number of carbonyl (C=O) groups excluding carboxylic acids is 1. The number of nitrogens with zero attached hydrogens (tertiary/aromatic N) is 2. The van der Waals surface area contributed by atoms with Crippen LogP contribution < -0.4 is 5.32 Å². The topological polar surface area (TPSA) is 101 Å². The van der Waals surface area contributed by atoms with Gasteiger partial charge in [-0.05, 0) is 25.2 Å². The number of nitrogens with one attached hydrogen (secondary N) is 2. The van der Waals surface area contributed by atoms with Crippen LogP contribution in [0, 0.1) is 21.0 Å². The molecule has 0 radical (unpaired) electrons. The van der Waals surface area contributed by atoms with Gasteiger partial charge in [-0.1, -0.05) is 17.4 Å². The number of hydrogen-bond donors (Lipinski definition) is 2. The summed E-state index contributed by atoms with van der Waals surface area (Å²) in [6, 6.07) is 4.28. The van der Waals surface area contributed by atoms with Crippen LogP contribution in [0.1, 0.15) is 15.9 Å². The first-order chi connectivity index (χ1) is 8.97. The molecule has 1 aromatic carbocycles. The van der Waals surface area contributed by atoms with E-state index in [4.69, 9.17) is 12.2 Å². The van der Waals surface area contributed by atoms with Crippen molar-refractivity contribution in [2.75, 3.05) is 5.32 Å². The zero-order valence-electron chi connectivity index (χ0n) is 9.67. The Kier molecular flexibility index (Phi) is 3.67. The van der Waals surface area contributed by atoms with E-state index in [9.17, 15) is 14.9 Å². The zero-order chi connectivity index (χ0) is 14.0. The summed E-state index contributed by atoms with van der Waals surface area (Å²) in [4.78, 5) is 22.2. The fraction of sp³-hybridized carbons (Fsp3) is 0.100. The first-order valence-electron chi connectivity index (χ1n) is 5.09. The van der Waals surface area contributed by atoms with Crippen LogP contribution in [0.3, 0.4) is 0 Å². The van der Waals surface area contributed by atoms with E-state index in [0.717, 1.165) is 11.3 Å². The van der Waals surface area contributed by atoms with E-state index in [2.05, 4.69) is 15.5 Å². The number of aryl methyl sites for hydroxylation is 1. The number of anilines is 1.